The average Bonchev–Trinajstić information content (AvgIpc) is 2.74. The number of pyridine rings is 1. The van der Waals surface area contributed by atoms with Crippen LogP contribution in [0.1, 0.15) is 6.42 Å². The molecule has 1 aliphatic rings. The van der Waals surface area contributed by atoms with E-state index in [0.717, 1.165) is 0 Å². The van der Waals surface area contributed by atoms with Crippen molar-refractivity contribution in [3.8, 4) is 6.07 Å². The monoisotopic (exact) mass is 280 g/mol. The number of rotatable bonds is 2. The molecule has 0 aliphatic carbocycles. The van der Waals surface area contributed by atoms with Crippen molar-refractivity contribution in [2.24, 2.45) is 5.92 Å². The minimum atomic E-state index is -0.441. The molecule has 0 saturated carbocycles. The van der Waals surface area contributed by atoms with Gasteiger partial charge in [-0.25, -0.2) is 0 Å². The Bertz CT molecular complexity index is 592. The Morgan fingerprint density at radius 1 is 1.63 bits per heavy atom. The second-order valence-corrected chi connectivity index (χ2v) is 4.96. The fourth-order valence-electron chi connectivity index (χ4n) is 2.12. The summed E-state index contributed by atoms with van der Waals surface area (Å²) in [5, 5.41) is 11.7. The van der Waals surface area contributed by atoms with Gasteiger partial charge in [-0.3, -0.25) is 14.5 Å². The molecule has 7 heteroatoms. The topological polar surface area (TPSA) is 89.0 Å². The maximum atomic E-state index is 12.0. The Kier molecular flexibility index (Phi) is 3.88. The lowest BCUT2D eigenvalue weighted by atomic mass is 10.1. The summed E-state index contributed by atoms with van der Waals surface area (Å²) >= 11 is 5.63. The zero-order valence-electron chi connectivity index (χ0n) is 10.3. The fraction of sp³-hybridized carbons (Fsp3) is 0.417. The summed E-state index contributed by atoms with van der Waals surface area (Å²) in [5.41, 5.74) is -0.276. The van der Waals surface area contributed by atoms with Gasteiger partial charge in [0.25, 0.3) is 5.56 Å². The Morgan fingerprint density at radius 3 is 2.95 bits per heavy atom. The molecule has 19 heavy (non-hydrogen) atoms. The number of nitrogens with zero attached hydrogens (tertiary/aromatic N) is 2. The van der Waals surface area contributed by atoms with Crippen molar-refractivity contribution in [1.29, 1.82) is 5.26 Å². The van der Waals surface area contributed by atoms with Gasteiger partial charge in [0.05, 0.1) is 18.0 Å². The molecule has 1 amide bonds. The number of likely N-dealkylation sites (tertiary alicyclic amines) is 1. The van der Waals surface area contributed by atoms with E-state index in [0.29, 0.717) is 13.0 Å². The number of H-pyrrole nitrogens is 1. The van der Waals surface area contributed by atoms with Crippen LogP contribution in [0.15, 0.2) is 16.9 Å². The molecular weight excluding hydrogens is 268 g/mol. The van der Waals surface area contributed by atoms with E-state index in [4.69, 9.17) is 16.9 Å². The summed E-state index contributed by atoms with van der Waals surface area (Å²) in [6.07, 6.45) is 0.477. The van der Waals surface area contributed by atoms with Crippen LogP contribution in [-0.4, -0.2) is 35.4 Å². The molecule has 1 saturated heterocycles. The third-order valence-corrected chi connectivity index (χ3v) is 3.42. The number of amides is 1. The van der Waals surface area contributed by atoms with E-state index in [1.165, 1.54) is 12.1 Å². The molecule has 6 nitrogen and oxygen atoms in total. The Hall–Kier alpha value is -1.84. The molecule has 1 aliphatic heterocycles. The molecule has 2 rings (SSSR count). The van der Waals surface area contributed by atoms with E-state index in [2.05, 4.69) is 16.4 Å². The maximum absolute atomic E-state index is 12.0. The zero-order chi connectivity index (χ0) is 14.0. The van der Waals surface area contributed by atoms with Crippen LogP contribution in [0.4, 0.5) is 5.69 Å². The number of carbonyl (C=O) groups excluding carboxylic acids is 1. The molecule has 1 aromatic rings. The molecule has 2 unspecified atom stereocenters. The molecule has 0 aromatic carbocycles. The Balaban J connectivity index is 2.06. The van der Waals surface area contributed by atoms with Crippen LogP contribution in [0.5, 0.6) is 0 Å². The molecule has 0 bridgehead atoms. The van der Waals surface area contributed by atoms with Gasteiger partial charge in [0.2, 0.25) is 5.91 Å². The van der Waals surface area contributed by atoms with Crippen LogP contribution in [0.3, 0.4) is 0 Å². The van der Waals surface area contributed by atoms with Gasteiger partial charge in [-0.15, -0.1) is 0 Å². The minimum absolute atomic E-state index is 0.164. The summed E-state index contributed by atoms with van der Waals surface area (Å²) in [6.45, 7) is 0.509. The first-order valence-corrected chi connectivity index (χ1v) is 6.18. The van der Waals surface area contributed by atoms with Gasteiger partial charge >= 0.3 is 0 Å². The Morgan fingerprint density at radius 2 is 2.37 bits per heavy atom. The number of hydrogen-bond acceptors (Lipinski definition) is 4. The zero-order valence-corrected chi connectivity index (χ0v) is 11.1. The maximum Gasteiger partial charge on any atom is 0.272 e. The lowest BCUT2D eigenvalue weighted by Crippen LogP contribution is -2.28. The van der Waals surface area contributed by atoms with Crippen molar-refractivity contribution >= 4 is 23.2 Å². The van der Waals surface area contributed by atoms with E-state index >= 15 is 0 Å². The number of anilines is 1. The van der Waals surface area contributed by atoms with Crippen molar-refractivity contribution in [3.63, 3.8) is 0 Å². The molecule has 100 valence electrons. The highest BCUT2D eigenvalue weighted by atomic mass is 35.5. The standard InChI is InChI=1S/C12H13ClN4O2/c1-17-6-7(4-8(17)5-14)11(18)15-9-2-3-10(13)16-12(9)19/h2-3,7-8H,4,6H2,1H3,(H,15,18)(H,16,19). The van der Waals surface area contributed by atoms with Crippen LogP contribution in [0.25, 0.3) is 0 Å². The first-order chi connectivity index (χ1) is 9.01. The molecule has 2 heterocycles. The number of nitrogens with one attached hydrogen (secondary N) is 2. The first kappa shape index (κ1) is 13.6. The smallest absolute Gasteiger partial charge is 0.272 e. The number of hydrogen-bond donors (Lipinski definition) is 2. The normalized spacial score (nSPS) is 23.0. The predicted molar refractivity (Wildman–Crippen MR) is 70.8 cm³/mol. The fourth-order valence-corrected chi connectivity index (χ4v) is 2.27. The lowest BCUT2D eigenvalue weighted by Gasteiger charge is -2.11. The first-order valence-electron chi connectivity index (χ1n) is 5.81. The van der Waals surface area contributed by atoms with Crippen molar-refractivity contribution in [2.45, 2.75) is 12.5 Å². The Labute approximate surface area is 115 Å². The number of halogens is 1. The van der Waals surface area contributed by atoms with Gasteiger partial charge in [0.1, 0.15) is 10.8 Å². The van der Waals surface area contributed by atoms with Crippen LogP contribution in [-0.2, 0) is 4.79 Å². The van der Waals surface area contributed by atoms with E-state index in [9.17, 15) is 9.59 Å². The lowest BCUT2D eigenvalue weighted by molar-refractivity contribution is -0.119. The summed E-state index contributed by atoms with van der Waals surface area (Å²) in [7, 11) is 1.80. The highest BCUT2D eigenvalue weighted by Gasteiger charge is 2.34. The van der Waals surface area contributed by atoms with Gasteiger partial charge in [-0.1, -0.05) is 11.6 Å². The van der Waals surface area contributed by atoms with Crippen molar-refractivity contribution in [1.82, 2.24) is 9.88 Å². The van der Waals surface area contributed by atoms with Gasteiger partial charge in [-0.05, 0) is 25.6 Å². The van der Waals surface area contributed by atoms with E-state index in [-0.39, 0.29) is 28.7 Å². The minimum Gasteiger partial charge on any atom is -0.321 e. The molecule has 0 spiro atoms. The van der Waals surface area contributed by atoms with Crippen molar-refractivity contribution < 1.29 is 4.79 Å². The number of carbonyl (C=O) groups is 1. The number of aromatic amines is 1. The largest absolute Gasteiger partial charge is 0.321 e. The molecule has 2 N–H and O–H groups in total. The average molecular weight is 281 g/mol. The summed E-state index contributed by atoms with van der Waals surface area (Å²) < 4.78 is 0. The van der Waals surface area contributed by atoms with E-state index in [1.807, 2.05) is 4.90 Å². The second-order valence-electron chi connectivity index (χ2n) is 4.56. The summed E-state index contributed by atoms with van der Waals surface area (Å²) in [4.78, 5) is 27.8. The highest BCUT2D eigenvalue weighted by molar-refractivity contribution is 6.29. The SMILES string of the molecule is CN1CC(C(=O)Nc2ccc(Cl)[nH]c2=O)CC1C#N. The molecule has 2 atom stereocenters. The summed E-state index contributed by atoms with van der Waals surface area (Å²) in [6, 6.07) is 4.85. The van der Waals surface area contributed by atoms with Gasteiger partial charge in [0.15, 0.2) is 0 Å². The van der Waals surface area contributed by atoms with Crippen LogP contribution in [0.2, 0.25) is 5.15 Å². The molecule has 1 fully saturated rings. The van der Waals surface area contributed by atoms with Crippen molar-refractivity contribution in [2.75, 3.05) is 18.9 Å². The van der Waals surface area contributed by atoms with Gasteiger partial charge in [-0.2, -0.15) is 5.26 Å². The number of nitriles is 1. The number of aromatic nitrogens is 1. The predicted octanol–water partition coefficient (Wildman–Crippen LogP) is 0.811. The van der Waals surface area contributed by atoms with E-state index < -0.39 is 5.56 Å². The van der Waals surface area contributed by atoms with Crippen LogP contribution >= 0.6 is 11.6 Å². The third-order valence-electron chi connectivity index (χ3n) is 3.20. The summed E-state index contributed by atoms with van der Waals surface area (Å²) in [5.74, 6) is -0.540. The molecule has 1 aromatic heterocycles. The van der Waals surface area contributed by atoms with Crippen LogP contribution < -0.4 is 10.9 Å². The third kappa shape index (κ3) is 2.95. The highest BCUT2D eigenvalue weighted by Crippen LogP contribution is 2.22. The van der Waals surface area contributed by atoms with Crippen molar-refractivity contribution in [3.05, 3.63) is 27.6 Å². The van der Waals surface area contributed by atoms with Gasteiger partial charge in [0, 0.05) is 6.54 Å². The van der Waals surface area contributed by atoms with Gasteiger partial charge < -0.3 is 10.3 Å². The second kappa shape index (κ2) is 5.43. The quantitative estimate of drug-likeness (QED) is 0.785. The van der Waals surface area contributed by atoms with E-state index in [1.54, 1.807) is 7.05 Å². The molecule has 0 radical (unpaired) electrons. The molecular formula is C12H13ClN4O2. The van der Waals surface area contributed by atoms with Crippen LogP contribution in [0, 0.1) is 17.2 Å².